The smallest absolute Gasteiger partial charge is 0.276 e. The van der Waals surface area contributed by atoms with E-state index in [4.69, 9.17) is 4.74 Å². The van der Waals surface area contributed by atoms with E-state index in [9.17, 15) is 9.18 Å². The van der Waals surface area contributed by atoms with Gasteiger partial charge >= 0.3 is 0 Å². The van der Waals surface area contributed by atoms with Gasteiger partial charge in [-0.05, 0) is 49.4 Å². The van der Waals surface area contributed by atoms with Crippen molar-refractivity contribution in [3.05, 3.63) is 59.8 Å². The number of aromatic amines is 1. The van der Waals surface area contributed by atoms with E-state index >= 15 is 0 Å². The Hall–Kier alpha value is -3.68. The maximum absolute atomic E-state index is 14.0. The molecule has 2 aromatic heterocycles. The van der Waals surface area contributed by atoms with Gasteiger partial charge in [0.25, 0.3) is 5.91 Å². The minimum absolute atomic E-state index is 0.158. The molecule has 0 saturated heterocycles. The molecule has 0 fully saturated rings. The molecule has 0 aliphatic heterocycles. The Morgan fingerprint density at radius 3 is 2.72 bits per heavy atom. The van der Waals surface area contributed by atoms with Gasteiger partial charge < -0.3 is 14.6 Å². The maximum Gasteiger partial charge on any atom is 0.276 e. The van der Waals surface area contributed by atoms with Gasteiger partial charge in [0.2, 0.25) is 0 Å². The van der Waals surface area contributed by atoms with Crippen molar-refractivity contribution in [1.29, 1.82) is 0 Å². The van der Waals surface area contributed by atoms with Gasteiger partial charge in [0.05, 0.1) is 23.8 Å². The Kier molecular flexibility index (Phi) is 4.54. The number of rotatable bonds is 4. The molecule has 8 heteroatoms. The SMILES string of the molecule is COc1ccc(-c2cc(C(=O)N(C)c3ccc4nc(C)[nH]c4c3)n(C)n2)cc1F. The molecule has 29 heavy (non-hydrogen) atoms. The fourth-order valence-electron chi connectivity index (χ4n) is 3.26. The fourth-order valence-corrected chi connectivity index (χ4v) is 3.26. The van der Waals surface area contributed by atoms with Gasteiger partial charge in [-0.25, -0.2) is 9.37 Å². The van der Waals surface area contributed by atoms with Gasteiger partial charge in [0, 0.05) is 25.3 Å². The number of hydrogen-bond donors (Lipinski definition) is 1. The van der Waals surface area contributed by atoms with E-state index in [2.05, 4.69) is 15.1 Å². The van der Waals surface area contributed by atoms with Crippen LogP contribution in [0.5, 0.6) is 5.75 Å². The first-order valence-electron chi connectivity index (χ1n) is 8.99. The summed E-state index contributed by atoms with van der Waals surface area (Å²) >= 11 is 0. The second-order valence-electron chi connectivity index (χ2n) is 6.78. The van der Waals surface area contributed by atoms with Crippen LogP contribution in [0, 0.1) is 12.7 Å². The third-order valence-corrected chi connectivity index (χ3v) is 4.82. The Morgan fingerprint density at radius 2 is 2.00 bits per heavy atom. The number of nitrogens with one attached hydrogen (secondary N) is 1. The van der Waals surface area contributed by atoms with E-state index in [1.165, 1.54) is 23.9 Å². The van der Waals surface area contributed by atoms with Crippen molar-refractivity contribution in [3.8, 4) is 17.0 Å². The number of aryl methyl sites for hydroxylation is 2. The van der Waals surface area contributed by atoms with Crippen LogP contribution < -0.4 is 9.64 Å². The first-order chi connectivity index (χ1) is 13.9. The number of nitrogens with zero attached hydrogens (tertiary/aromatic N) is 4. The van der Waals surface area contributed by atoms with Crippen molar-refractivity contribution >= 4 is 22.6 Å². The molecule has 0 spiro atoms. The van der Waals surface area contributed by atoms with E-state index in [0.717, 1.165) is 22.5 Å². The Balaban J connectivity index is 1.65. The third kappa shape index (κ3) is 3.33. The number of fused-ring (bicyclic) bond motifs is 1. The summed E-state index contributed by atoms with van der Waals surface area (Å²) in [5.41, 5.74) is 3.89. The summed E-state index contributed by atoms with van der Waals surface area (Å²) < 4.78 is 20.5. The molecule has 148 valence electrons. The second-order valence-corrected chi connectivity index (χ2v) is 6.78. The first-order valence-corrected chi connectivity index (χ1v) is 8.99. The van der Waals surface area contributed by atoms with Crippen LogP contribution in [0.2, 0.25) is 0 Å². The molecule has 4 aromatic rings. The van der Waals surface area contributed by atoms with Crippen LogP contribution in [0.3, 0.4) is 0 Å². The number of benzene rings is 2. The number of amides is 1. The molecule has 4 rings (SSSR count). The van der Waals surface area contributed by atoms with Crippen molar-refractivity contribution in [2.45, 2.75) is 6.92 Å². The lowest BCUT2D eigenvalue weighted by molar-refractivity contribution is 0.0984. The molecule has 0 radical (unpaired) electrons. The van der Waals surface area contributed by atoms with Gasteiger partial charge in [0.15, 0.2) is 11.6 Å². The minimum Gasteiger partial charge on any atom is -0.494 e. The zero-order valence-electron chi connectivity index (χ0n) is 16.5. The monoisotopic (exact) mass is 393 g/mol. The van der Waals surface area contributed by atoms with E-state index in [1.807, 2.05) is 25.1 Å². The molecule has 7 nitrogen and oxygen atoms in total. The zero-order valence-corrected chi connectivity index (χ0v) is 16.5. The van der Waals surface area contributed by atoms with Crippen LogP contribution in [0.15, 0.2) is 42.5 Å². The molecule has 1 amide bonds. The quantitative estimate of drug-likeness (QED) is 0.574. The van der Waals surface area contributed by atoms with Gasteiger partial charge in [0.1, 0.15) is 11.5 Å². The normalized spacial score (nSPS) is 11.1. The fraction of sp³-hybridized carbons (Fsp3) is 0.190. The maximum atomic E-state index is 14.0. The van der Waals surface area contributed by atoms with Crippen LogP contribution in [0.1, 0.15) is 16.3 Å². The predicted molar refractivity (Wildman–Crippen MR) is 109 cm³/mol. The first kappa shape index (κ1) is 18.7. The molecular weight excluding hydrogens is 373 g/mol. The Bertz CT molecular complexity index is 1230. The topological polar surface area (TPSA) is 76.0 Å². The standard InChI is InChI=1S/C21H20FN5O2/c1-12-23-16-7-6-14(10-18(16)24-12)26(2)21(28)19-11-17(25-27(19)3)13-5-8-20(29-4)15(22)9-13/h5-11H,1-4H3,(H,23,24). The van der Waals surface area contributed by atoms with E-state index in [1.54, 1.807) is 31.1 Å². The van der Waals surface area contributed by atoms with Crippen molar-refractivity contribution in [2.75, 3.05) is 19.1 Å². The Labute approximate surface area is 166 Å². The largest absolute Gasteiger partial charge is 0.494 e. The summed E-state index contributed by atoms with van der Waals surface area (Å²) in [5.74, 6) is 0.263. The Morgan fingerprint density at radius 1 is 1.21 bits per heavy atom. The molecule has 1 N–H and O–H groups in total. The highest BCUT2D eigenvalue weighted by atomic mass is 19.1. The average Bonchev–Trinajstić information content (AvgIpc) is 3.27. The summed E-state index contributed by atoms with van der Waals surface area (Å²) in [5, 5.41) is 4.37. The van der Waals surface area contributed by atoms with E-state index in [0.29, 0.717) is 17.0 Å². The number of H-pyrrole nitrogens is 1. The average molecular weight is 393 g/mol. The molecule has 0 aliphatic carbocycles. The molecule has 0 aliphatic rings. The molecule has 0 saturated carbocycles. The van der Waals surface area contributed by atoms with Crippen LogP contribution >= 0.6 is 0 Å². The lowest BCUT2D eigenvalue weighted by Gasteiger charge is -2.17. The summed E-state index contributed by atoms with van der Waals surface area (Å²) in [6.07, 6.45) is 0. The minimum atomic E-state index is -0.483. The lowest BCUT2D eigenvalue weighted by atomic mass is 10.1. The summed E-state index contributed by atoms with van der Waals surface area (Å²) in [4.78, 5) is 22.2. The highest BCUT2D eigenvalue weighted by molar-refractivity contribution is 6.05. The number of carbonyl (C=O) groups is 1. The lowest BCUT2D eigenvalue weighted by Crippen LogP contribution is -2.28. The number of anilines is 1. The predicted octanol–water partition coefficient (Wildman–Crippen LogP) is 3.70. The number of aromatic nitrogens is 4. The number of hydrogen-bond acceptors (Lipinski definition) is 4. The number of halogens is 1. The van der Waals surface area contributed by atoms with Crippen molar-refractivity contribution < 1.29 is 13.9 Å². The van der Waals surface area contributed by atoms with Crippen LogP contribution in [-0.4, -0.2) is 39.8 Å². The zero-order chi connectivity index (χ0) is 20.7. The molecular formula is C21H20FN5O2. The van der Waals surface area contributed by atoms with Crippen LogP contribution in [0.4, 0.5) is 10.1 Å². The van der Waals surface area contributed by atoms with E-state index in [-0.39, 0.29) is 11.7 Å². The summed E-state index contributed by atoms with van der Waals surface area (Å²) in [6.45, 7) is 1.88. The summed E-state index contributed by atoms with van der Waals surface area (Å²) in [7, 11) is 4.80. The number of imidazole rings is 1. The van der Waals surface area contributed by atoms with Crippen LogP contribution in [0.25, 0.3) is 22.3 Å². The highest BCUT2D eigenvalue weighted by Gasteiger charge is 2.20. The van der Waals surface area contributed by atoms with Crippen molar-refractivity contribution in [2.24, 2.45) is 7.05 Å². The molecule has 0 atom stereocenters. The van der Waals surface area contributed by atoms with Gasteiger partial charge in [-0.15, -0.1) is 0 Å². The second kappa shape index (κ2) is 7.05. The molecule has 0 unspecified atom stereocenters. The summed E-state index contributed by atoms with van der Waals surface area (Å²) in [6, 6.07) is 11.8. The van der Waals surface area contributed by atoms with Crippen LogP contribution in [-0.2, 0) is 7.05 Å². The van der Waals surface area contributed by atoms with Crippen molar-refractivity contribution in [1.82, 2.24) is 19.7 Å². The van der Waals surface area contributed by atoms with Gasteiger partial charge in [-0.2, -0.15) is 5.10 Å². The number of ether oxygens (including phenoxy) is 1. The van der Waals surface area contributed by atoms with Gasteiger partial charge in [-0.3, -0.25) is 9.48 Å². The van der Waals surface area contributed by atoms with E-state index < -0.39 is 5.82 Å². The molecule has 0 bridgehead atoms. The number of carbonyl (C=O) groups excluding carboxylic acids is 1. The number of methoxy groups -OCH3 is 1. The molecule has 2 heterocycles. The third-order valence-electron chi connectivity index (χ3n) is 4.82. The van der Waals surface area contributed by atoms with Crippen molar-refractivity contribution in [3.63, 3.8) is 0 Å². The highest BCUT2D eigenvalue weighted by Crippen LogP contribution is 2.26. The molecule has 2 aromatic carbocycles. The van der Waals surface area contributed by atoms with Gasteiger partial charge in [-0.1, -0.05) is 0 Å².